The van der Waals surface area contributed by atoms with E-state index in [1.54, 1.807) is 0 Å². The first-order chi connectivity index (χ1) is 27.6. The number of halogens is 11. The van der Waals surface area contributed by atoms with Gasteiger partial charge in [-0.15, -0.1) is 0 Å². The third-order valence-electron chi connectivity index (χ3n) is 10.7. The lowest BCUT2D eigenvalue weighted by Gasteiger charge is -2.29. The summed E-state index contributed by atoms with van der Waals surface area (Å²) in [6.07, 6.45) is -10.4. The fraction of sp³-hybridized carbons (Fsp3) is 0.368. The van der Waals surface area contributed by atoms with E-state index < -0.39 is 116 Å². The topological polar surface area (TPSA) is 152 Å². The van der Waals surface area contributed by atoms with Crippen LogP contribution in [-0.2, 0) is 39.7 Å². The SMILES string of the molecule is CC(C)(C#Cc1ccc(-c2ccc(Cl)c3c(N)nn(CC(F)(F)F)c23)c([C@@H](Cc2cc(F)cc(F)c2)C(C(N)=O)n2nc(C(F)(F)F)c3c2C(F)(F)[C@@H]2C[C@H]32)n1)S(C)(=O)=O. The summed E-state index contributed by atoms with van der Waals surface area (Å²) in [5, 5.41) is 6.97. The van der Waals surface area contributed by atoms with Crippen molar-refractivity contribution in [3.05, 3.63) is 93.0 Å². The van der Waals surface area contributed by atoms with E-state index in [2.05, 4.69) is 27.0 Å². The monoisotopic (exact) mass is 889 g/mol. The number of anilines is 1. The molecule has 22 heteroatoms. The zero-order chi connectivity index (χ0) is 44.2. The number of hydrogen-bond donors (Lipinski definition) is 2. The second-order valence-electron chi connectivity index (χ2n) is 15.2. The van der Waals surface area contributed by atoms with Gasteiger partial charge in [0.05, 0.1) is 21.6 Å². The van der Waals surface area contributed by atoms with E-state index >= 15 is 8.78 Å². The molecule has 0 aliphatic heterocycles. The van der Waals surface area contributed by atoms with Crippen molar-refractivity contribution in [3.8, 4) is 23.0 Å². The summed E-state index contributed by atoms with van der Waals surface area (Å²) in [6, 6.07) is 4.46. The molecular weight excluding hydrogens is 860 g/mol. The van der Waals surface area contributed by atoms with Crippen LogP contribution < -0.4 is 11.5 Å². The third kappa shape index (κ3) is 7.52. The Labute approximate surface area is 338 Å². The first-order valence-corrected chi connectivity index (χ1v) is 19.9. The minimum absolute atomic E-state index is 0.146. The normalized spacial score (nSPS) is 18.4. The number of carbonyl (C=O) groups is 1. The van der Waals surface area contributed by atoms with Gasteiger partial charge in [-0.3, -0.25) is 9.48 Å². The number of hydrogen-bond acceptors (Lipinski definition) is 7. The number of fused-ring (bicyclic) bond motifs is 4. The largest absolute Gasteiger partial charge is 0.435 e. The number of pyridine rings is 1. The molecule has 2 aliphatic rings. The van der Waals surface area contributed by atoms with Crippen LogP contribution in [0.25, 0.3) is 22.0 Å². The Morgan fingerprint density at radius 2 is 1.65 bits per heavy atom. The van der Waals surface area contributed by atoms with Gasteiger partial charge in [0.1, 0.15) is 40.4 Å². The molecule has 1 unspecified atom stereocenters. The van der Waals surface area contributed by atoms with E-state index in [0.29, 0.717) is 10.7 Å². The number of primary amides is 1. The average Bonchev–Trinajstić information content (AvgIpc) is 3.63. The Morgan fingerprint density at radius 3 is 2.23 bits per heavy atom. The van der Waals surface area contributed by atoms with Crippen LogP contribution in [0.2, 0.25) is 5.02 Å². The standard InChI is InChI=1S/C38H30ClF10N7O3S/c1-35(2,60(3,58)59)9-8-19-4-5-20(21-6-7-25(39)27-29(21)55(54-33(27)50)15-36(42,43)44)28(52-19)23(12-16-10-17(40)13-18(41)11-16)30(34(51)57)56-32-26(31(53-56)38(47,48)49)22-14-24(22)37(32,45)46/h4-7,10-11,13,22-24,30H,12,14-15H2,1-3H3,(H2,50,54)(H2,51,57)/t22-,23+,24+,30?/m0/s1. The van der Waals surface area contributed by atoms with Crippen molar-refractivity contribution in [2.45, 2.75) is 74.1 Å². The quantitative estimate of drug-likeness (QED) is 0.113. The second kappa shape index (κ2) is 14.1. The van der Waals surface area contributed by atoms with Crippen molar-refractivity contribution in [2.75, 3.05) is 12.0 Å². The molecule has 4 N–H and O–H groups in total. The highest BCUT2D eigenvalue weighted by Crippen LogP contribution is 2.69. The number of aromatic nitrogens is 5. The fourth-order valence-electron chi connectivity index (χ4n) is 7.63. The maximum atomic E-state index is 16.1. The number of nitrogens with two attached hydrogens (primary N) is 2. The van der Waals surface area contributed by atoms with E-state index in [9.17, 15) is 48.3 Å². The van der Waals surface area contributed by atoms with Gasteiger partial charge in [-0.05, 0) is 74.4 Å². The molecule has 10 nitrogen and oxygen atoms in total. The number of amides is 1. The summed E-state index contributed by atoms with van der Waals surface area (Å²) in [6.45, 7) is 0.786. The number of nitrogen functional groups attached to an aromatic ring is 1. The zero-order valence-corrected chi connectivity index (χ0v) is 32.7. The van der Waals surface area contributed by atoms with E-state index in [1.807, 2.05) is 0 Å². The third-order valence-corrected chi connectivity index (χ3v) is 12.9. The Hall–Kier alpha value is -5.36. The van der Waals surface area contributed by atoms with Crippen molar-refractivity contribution in [3.63, 3.8) is 0 Å². The molecule has 3 aromatic heterocycles. The van der Waals surface area contributed by atoms with Crippen LogP contribution in [0.15, 0.2) is 42.5 Å². The molecular formula is C38H30ClF10N7O3S. The highest BCUT2D eigenvalue weighted by molar-refractivity contribution is 7.92. The van der Waals surface area contributed by atoms with E-state index in [-0.39, 0.29) is 49.4 Å². The highest BCUT2D eigenvalue weighted by Gasteiger charge is 2.69. The van der Waals surface area contributed by atoms with Crippen molar-refractivity contribution >= 4 is 44.1 Å². The molecule has 0 bridgehead atoms. The lowest BCUT2D eigenvalue weighted by Crippen LogP contribution is -2.37. The van der Waals surface area contributed by atoms with Gasteiger partial charge in [0.15, 0.2) is 21.3 Å². The smallest absolute Gasteiger partial charge is 0.382 e. The lowest BCUT2D eigenvalue weighted by molar-refractivity contribution is -0.143. The minimum atomic E-state index is -5.32. The van der Waals surface area contributed by atoms with Crippen LogP contribution >= 0.6 is 11.6 Å². The molecule has 1 amide bonds. The van der Waals surface area contributed by atoms with Crippen molar-refractivity contribution in [1.29, 1.82) is 0 Å². The number of sulfone groups is 1. The maximum Gasteiger partial charge on any atom is 0.435 e. The van der Waals surface area contributed by atoms with Gasteiger partial charge in [-0.25, -0.2) is 26.9 Å². The van der Waals surface area contributed by atoms with Gasteiger partial charge < -0.3 is 11.5 Å². The zero-order valence-electron chi connectivity index (χ0n) is 31.2. The predicted octanol–water partition coefficient (Wildman–Crippen LogP) is 7.83. The average molecular weight is 890 g/mol. The molecule has 3 heterocycles. The minimum Gasteiger partial charge on any atom is -0.382 e. The summed E-state index contributed by atoms with van der Waals surface area (Å²) in [5.41, 5.74) is 6.19. The molecule has 2 aromatic carbocycles. The summed E-state index contributed by atoms with van der Waals surface area (Å²) in [7, 11) is -3.87. The Bertz CT molecular complexity index is 2770. The molecule has 4 atom stereocenters. The highest BCUT2D eigenvalue weighted by atomic mass is 35.5. The molecule has 0 spiro atoms. The van der Waals surface area contributed by atoms with E-state index in [0.717, 1.165) is 18.4 Å². The number of rotatable bonds is 9. The van der Waals surface area contributed by atoms with Crippen molar-refractivity contribution in [1.82, 2.24) is 24.5 Å². The van der Waals surface area contributed by atoms with E-state index in [4.69, 9.17) is 23.1 Å². The molecule has 2 aliphatic carbocycles. The van der Waals surface area contributed by atoms with Crippen molar-refractivity contribution < 1.29 is 57.1 Å². The summed E-state index contributed by atoms with van der Waals surface area (Å²) >= 11 is 6.39. The summed E-state index contributed by atoms with van der Waals surface area (Å²) in [5.74, 6) is -8.02. The fourth-order valence-corrected chi connectivity index (χ4v) is 8.12. The van der Waals surface area contributed by atoms with Gasteiger partial charge in [-0.2, -0.15) is 45.3 Å². The number of benzene rings is 2. The predicted molar refractivity (Wildman–Crippen MR) is 197 cm³/mol. The Kier molecular flexibility index (Phi) is 10.1. The van der Waals surface area contributed by atoms with Gasteiger partial charge >= 0.3 is 12.4 Å². The summed E-state index contributed by atoms with van der Waals surface area (Å²) in [4.78, 5) is 18.3. The first kappa shape index (κ1) is 42.8. The van der Waals surface area contributed by atoms with Crippen LogP contribution in [0.1, 0.15) is 72.0 Å². The molecule has 0 radical (unpaired) electrons. The van der Waals surface area contributed by atoms with Gasteiger partial charge in [0.25, 0.3) is 5.92 Å². The van der Waals surface area contributed by atoms with Crippen LogP contribution in [-0.4, -0.2) is 56.0 Å². The van der Waals surface area contributed by atoms with Crippen LogP contribution in [0.4, 0.5) is 49.7 Å². The second-order valence-corrected chi connectivity index (χ2v) is 18.2. The Balaban J connectivity index is 1.59. The van der Waals surface area contributed by atoms with Crippen molar-refractivity contribution in [2.24, 2.45) is 11.7 Å². The molecule has 0 saturated heterocycles. The molecule has 7 rings (SSSR count). The lowest BCUT2D eigenvalue weighted by atomic mass is 9.84. The number of carbonyl (C=O) groups excluding carboxylic acids is 1. The summed E-state index contributed by atoms with van der Waals surface area (Å²) < 4.78 is 171. The van der Waals surface area contributed by atoms with Gasteiger partial charge in [0, 0.05) is 40.8 Å². The van der Waals surface area contributed by atoms with E-state index in [1.165, 1.54) is 38.1 Å². The van der Waals surface area contributed by atoms with Crippen LogP contribution in [0.5, 0.6) is 0 Å². The molecule has 60 heavy (non-hydrogen) atoms. The number of nitrogens with zero attached hydrogens (tertiary/aromatic N) is 5. The Morgan fingerprint density at radius 1 is 1.02 bits per heavy atom. The first-order valence-electron chi connectivity index (χ1n) is 17.7. The molecule has 1 saturated carbocycles. The van der Waals surface area contributed by atoms with Crippen LogP contribution in [0.3, 0.4) is 0 Å². The van der Waals surface area contributed by atoms with Crippen LogP contribution in [0, 0.1) is 29.4 Å². The molecule has 1 fully saturated rings. The molecule has 318 valence electrons. The van der Waals surface area contributed by atoms with Gasteiger partial charge in [-0.1, -0.05) is 23.6 Å². The number of alkyl halides is 8. The maximum absolute atomic E-state index is 16.1. The molecule has 5 aromatic rings. The van der Waals surface area contributed by atoms with Gasteiger partial charge in [0.2, 0.25) is 5.91 Å².